The van der Waals surface area contributed by atoms with E-state index in [9.17, 15) is 9.18 Å². The molecule has 1 aromatic carbocycles. The van der Waals surface area contributed by atoms with E-state index in [1.165, 1.54) is 17.0 Å². The van der Waals surface area contributed by atoms with Crippen LogP contribution in [0.1, 0.15) is 15.9 Å². The van der Waals surface area contributed by atoms with Gasteiger partial charge in [0.2, 0.25) is 0 Å². The molecule has 24 heavy (non-hydrogen) atoms. The second-order valence-electron chi connectivity index (χ2n) is 6.08. The van der Waals surface area contributed by atoms with Gasteiger partial charge in [-0.2, -0.15) is 5.10 Å². The minimum Gasteiger partial charge on any atom is -0.496 e. The fraction of sp³-hybridized carbons (Fsp3) is 0.412. The predicted molar refractivity (Wildman–Crippen MR) is 86.5 cm³/mol. The fourth-order valence-electron chi connectivity index (χ4n) is 3.07. The third kappa shape index (κ3) is 3.56. The number of ether oxygens (including phenoxy) is 1. The number of nitrogens with zero attached hydrogens (tertiary/aromatic N) is 3. The number of carbonyl (C=O) groups excluding carboxylic acids is 1. The zero-order valence-electron chi connectivity index (χ0n) is 14.0. The monoisotopic (exact) mass is 333 g/mol. The van der Waals surface area contributed by atoms with Gasteiger partial charge in [0.05, 0.1) is 50.6 Å². The zero-order valence-corrected chi connectivity index (χ0v) is 14.0. The van der Waals surface area contributed by atoms with E-state index in [0.29, 0.717) is 30.9 Å². The molecule has 2 heterocycles. The summed E-state index contributed by atoms with van der Waals surface area (Å²) in [6.07, 6.45) is 3.33. The highest BCUT2D eigenvalue weighted by atomic mass is 19.1. The molecule has 1 aliphatic rings. The van der Waals surface area contributed by atoms with Crippen LogP contribution in [0, 0.1) is 5.82 Å². The Labute approximate surface area is 140 Å². The number of carbonyl (C=O) groups is 1. The van der Waals surface area contributed by atoms with Crippen molar-refractivity contribution in [3.05, 3.63) is 47.5 Å². The second-order valence-corrected chi connectivity index (χ2v) is 6.08. The number of piperazine rings is 1. The number of rotatable bonds is 4. The Bertz CT molecular complexity index is 723. The summed E-state index contributed by atoms with van der Waals surface area (Å²) in [6, 6.07) is 4.59. The number of amides is 1. The van der Waals surface area contributed by atoms with Gasteiger partial charge in [0.1, 0.15) is 18.1 Å². The number of quaternary nitrogens is 1. The number of nitrogens with one attached hydrogen (secondary N) is 1. The van der Waals surface area contributed by atoms with E-state index in [2.05, 4.69) is 5.10 Å². The maximum absolute atomic E-state index is 13.5. The lowest BCUT2D eigenvalue weighted by atomic mass is 10.1. The Morgan fingerprint density at radius 1 is 1.38 bits per heavy atom. The minimum absolute atomic E-state index is 0.0190. The van der Waals surface area contributed by atoms with E-state index in [1.54, 1.807) is 37.3 Å². The van der Waals surface area contributed by atoms with Crippen LogP contribution >= 0.6 is 0 Å². The molecule has 1 saturated heterocycles. The molecule has 0 atom stereocenters. The number of halogens is 1. The van der Waals surface area contributed by atoms with E-state index in [1.807, 2.05) is 4.90 Å². The first-order valence-electron chi connectivity index (χ1n) is 8.00. The van der Waals surface area contributed by atoms with Crippen LogP contribution in [0.2, 0.25) is 0 Å². The maximum Gasteiger partial charge on any atom is 0.257 e. The van der Waals surface area contributed by atoms with Crippen molar-refractivity contribution in [2.24, 2.45) is 7.05 Å². The molecule has 128 valence electrons. The molecule has 2 aromatic rings. The summed E-state index contributed by atoms with van der Waals surface area (Å²) < 4.78 is 20.4. The molecule has 1 fully saturated rings. The van der Waals surface area contributed by atoms with Crippen LogP contribution in [0.15, 0.2) is 30.6 Å². The number of aromatic nitrogens is 2. The van der Waals surface area contributed by atoms with Crippen LogP contribution in [-0.4, -0.2) is 53.9 Å². The third-order valence-electron chi connectivity index (χ3n) is 4.39. The van der Waals surface area contributed by atoms with E-state index < -0.39 is 0 Å². The first-order valence-corrected chi connectivity index (χ1v) is 8.00. The van der Waals surface area contributed by atoms with Crippen molar-refractivity contribution in [1.82, 2.24) is 14.7 Å². The normalized spacial score (nSPS) is 15.5. The van der Waals surface area contributed by atoms with Crippen LogP contribution in [-0.2, 0) is 13.6 Å². The molecule has 1 N–H and O–H groups in total. The molecular weight excluding hydrogens is 311 g/mol. The van der Waals surface area contributed by atoms with Crippen LogP contribution in [0.5, 0.6) is 5.75 Å². The van der Waals surface area contributed by atoms with E-state index >= 15 is 0 Å². The lowest BCUT2D eigenvalue weighted by Gasteiger charge is -2.32. The lowest BCUT2D eigenvalue weighted by Crippen LogP contribution is -3.13. The molecule has 6 nitrogen and oxygen atoms in total. The summed E-state index contributed by atoms with van der Waals surface area (Å²) in [4.78, 5) is 15.6. The van der Waals surface area contributed by atoms with Crippen molar-refractivity contribution in [1.29, 1.82) is 0 Å². The highest BCUT2D eigenvalue weighted by molar-refractivity contribution is 5.93. The number of methoxy groups -OCH3 is 1. The second kappa shape index (κ2) is 7.00. The molecule has 0 saturated carbocycles. The van der Waals surface area contributed by atoms with Gasteiger partial charge in [-0.15, -0.1) is 0 Å². The first-order chi connectivity index (χ1) is 11.6. The smallest absolute Gasteiger partial charge is 0.257 e. The maximum atomic E-state index is 13.5. The zero-order chi connectivity index (χ0) is 17.1. The molecule has 1 amide bonds. The van der Waals surface area contributed by atoms with Crippen molar-refractivity contribution in [3.63, 3.8) is 0 Å². The summed E-state index contributed by atoms with van der Waals surface area (Å²) in [5, 5.41) is 4.05. The molecule has 0 unspecified atom stereocenters. The molecule has 0 aliphatic carbocycles. The van der Waals surface area contributed by atoms with Crippen molar-refractivity contribution in [2.45, 2.75) is 6.54 Å². The molecule has 1 aromatic heterocycles. The van der Waals surface area contributed by atoms with Crippen LogP contribution < -0.4 is 9.64 Å². The Kier molecular flexibility index (Phi) is 4.80. The Morgan fingerprint density at radius 2 is 2.12 bits per heavy atom. The van der Waals surface area contributed by atoms with Gasteiger partial charge < -0.3 is 14.5 Å². The highest BCUT2D eigenvalue weighted by Gasteiger charge is 2.26. The van der Waals surface area contributed by atoms with Crippen molar-refractivity contribution < 1.29 is 18.8 Å². The van der Waals surface area contributed by atoms with E-state index in [0.717, 1.165) is 18.7 Å². The summed E-state index contributed by atoms with van der Waals surface area (Å²) in [5.74, 6) is 0.471. The van der Waals surface area contributed by atoms with Gasteiger partial charge in [-0.05, 0) is 18.2 Å². The van der Waals surface area contributed by atoms with Gasteiger partial charge in [0, 0.05) is 13.2 Å². The van der Waals surface area contributed by atoms with Gasteiger partial charge in [-0.3, -0.25) is 9.48 Å². The molecular formula is C17H22FN4O2+. The predicted octanol–water partition coefficient (Wildman–Crippen LogP) is 0.109. The lowest BCUT2D eigenvalue weighted by molar-refractivity contribution is -0.917. The topological polar surface area (TPSA) is 51.8 Å². The average Bonchev–Trinajstić information content (AvgIpc) is 3.02. The van der Waals surface area contributed by atoms with Gasteiger partial charge in [-0.25, -0.2) is 4.39 Å². The summed E-state index contributed by atoms with van der Waals surface area (Å²) in [6.45, 7) is 3.70. The van der Waals surface area contributed by atoms with Gasteiger partial charge in [0.15, 0.2) is 0 Å². The first kappa shape index (κ1) is 16.4. The summed E-state index contributed by atoms with van der Waals surface area (Å²) in [7, 11) is 3.39. The molecule has 3 rings (SSSR count). The van der Waals surface area contributed by atoms with E-state index in [-0.39, 0.29) is 11.7 Å². The SMILES string of the molecule is COc1ccc(F)cc1C[NH+]1CCN(C(=O)c2cnn(C)c2)CC1. The van der Waals surface area contributed by atoms with E-state index in [4.69, 9.17) is 4.74 Å². The van der Waals surface area contributed by atoms with Crippen molar-refractivity contribution in [3.8, 4) is 5.75 Å². The van der Waals surface area contributed by atoms with Crippen LogP contribution in [0.3, 0.4) is 0 Å². The largest absolute Gasteiger partial charge is 0.496 e. The van der Waals surface area contributed by atoms with Gasteiger partial charge in [-0.1, -0.05) is 0 Å². The average molecular weight is 333 g/mol. The summed E-state index contributed by atoms with van der Waals surface area (Å²) in [5.41, 5.74) is 1.48. The fourth-order valence-corrected chi connectivity index (χ4v) is 3.07. The molecule has 7 heteroatoms. The van der Waals surface area contributed by atoms with Crippen LogP contribution in [0.25, 0.3) is 0 Å². The van der Waals surface area contributed by atoms with Gasteiger partial charge >= 0.3 is 0 Å². The Balaban J connectivity index is 1.59. The Morgan fingerprint density at radius 3 is 2.75 bits per heavy atom. The van der Waals surface area contributed by atoms with Crippen molar-refractivity contribution in [2.75, 3.05) is 33.3 Å². The molecule has 0 radical (unpaired) electrons. The number of hydrogen-bond donors (Lipinski definition) is 1. The quantitative estimate of drug-likeness (QED) is 0.864. The Hall–Kier alpha value is -2.41. The third-order valence-corrected chi connectivity index (χ3v) is 4.39. The standard InChI is InChI=1S/C17H21FN4O2/c1-20-11-14(10-19-20)17(23)22-7-5-21(6-8-22)12-13-9-15(18)3-4-16(13)24-2/h3-4,9-11H,5-8,12H2,1-2H3/p+1. The minimum atomic E-state index is -0.254. The van der Waals surface area contributed by atoms with Gasteiger partial charge in [0.25, 0.3) is 5.91 Å². The molecule has 0 spiro atoms. The van der Waals surface area contributed by atoms with Crippen LogP contribution in [0.4, 0.5) is 4.39 Å². The number of hydrogen-bond acceptors (Lipinski definition) is 3. The van der Waals surface area contributed by atoms with Crippen molar-refractivity contribution >= 4 is 5.91 Å². The number of benzene rings is 1. The number of aryl methyl sites for hydroxylation is 1. The molecule has 1 aliphatic heterocycles. The summed E-state index contributed by atoms with van der Waals surface area (Å²) >= 11 is 0. The highest BCUT2D eigenvalue weighted by Crippen LogP contribution is 2.18. The molecule has 0 bridgehead atoms.